The largest absolute Gasteiger partial charge is 0.478 e. The van der Waals surface area contributed by atoms with Crippen molar-refractivity contribution in [2.75, 3.05) is 19.8 Å². The van der Waals surface area contributed by atoms with Gasteiger partial charge in [0.25, 0.3) is 0 Å². The van der Waals surface area contributed by atoms with E-state index < -0.39 is 12.1 Å². The standard InChI is InChI=1S/C3H5NO2.C3H7NO2.C3H4O2/c5-3-4-1-2-6-3;1-2-6-3(4)5;1-2-3(4)5/h1-2H2,(H,4,5);2H2,1H3,(H2,4,5);2H,1H2,(H,4,5). The average molecular weight is 248 g/mol. The number of carbonyl (C=O) groups is 3. The van der Waals surface area contributed by atoms with Crippen LogP contribution in [0.1, 0.15) is 6.92 Å². The molecule has 0 aromatic rings. The minimum atomic E-state index is -0.981. The number of cyclic esters (lactones) is 1. The summed E-state index contributed by atoms with van der Waals surface area (Å²) >= 11 is 0. The zero-order chi connectivity index (χ0) is 13.7. The maximum atomic E-state index is 9.91. The Kier molecular flexibility index (Phi) is 11.9. The number of alkyl carbamates (subject to hydrolysis) is 1. The van der Waals surface area contributed by atoms with Crippen LogP contribution in [0.3, 0.4) is 0 Å². The van der Waals surface area contributed by atoms with Crippen LogP contribution < -0.4 is 11.1 Å². The molecule has 4 N–H and O–H groups in total. The molecule has 0 aromatic carbocycles. The Morgan fingerprint density at radius 2 is 2.24 bits per heavy atom. The number of carbonyl (C=O) groups excluding carboxylic acids is 2. The van der Waals surface area contributed by atoms with E-state index in [2.05, 4.69) is 27.1 Å². The molecule has 17 heavy (non-hydrogen) atoms. The van der Waals surface area contributed by atoms with Crippen molar-refractivity contribution >= 4 is 18.2 Å². The maximum absolute atomic E-state index is 9.91. The summed E-state index contributed by atoms with van der Waals surface area (Å²) in [5, 5.41) is 10.1. The molecule has 0 aliphatic carbocycles. The minimum Gasteiger partial charge on any atom is -0.478 e. The zero-order valence-electron chi connectivity index (χ0n) is 9.47. The van der Waals surface area contributed by atoms with Crippen LogP contribution in [0, 0.1) is 0 Å². The summed E-state index contributed by atoms with van der Waals surface area (Å²) in [5.74, 6) is -0.981. The number of ether oxygens (including phenoxy) is 2. The van der Waals surface area contributed by atoms with Gasteiger partial charge >= 0.3 is 18.2 Å². The van der Waals surface area contributed by atoms with Gasteiger partial charge in [0.2, 0.25) is 0 Å². The number of carboxylic acids is 1. The van der Waals surface area contributed by atoms with Gasteiger partial charge in [-0.1, -0.05) is 6.58 Å². The minimum absolute atomic E-state index is 0.296. The van der Waals surface area contributed by atoms with E-state index in [1.165, 1.54) is 0 Å². The number of primary amides is 1. The van der Waals surface area contributed by atoms with Gasteiger partial charge in [-0.15, -0.1) is 0 Å². The van der Waals surface area contributed by atoms with Gasteiger partial charge in [0.05, 0.1) is 13.2 Å². The highest BCUT2D eigenvalue weighted by atomic mass is 16.6. The number of hydrogen-bond acceptors (Lipinski definition) is 5. The lowest BCUT2D eigenvalue weighted by Crippen LogP contribution is -2.11. The predicted octanol–water partition coefficient (Wildman–Crippen LogP) is 0.0848. The summed E-state index contributed by atoms with van der Waals surface area (Å²) in [6.07, 6.45) is -0.174. The lowest BCUT2D eigenvalue weighted by Gasteiger charge is -1.89. The summed E-state index contributed by atoms with van der Waals surface area (Å²) in [6, 6.07) is 0. The normalized spacial score (nSPS) is 11.5. The fourth-order valence-electron chi connectivity index (χ4n) is 0.490. The van der Waals surface area contributed by atoms with Crippen molar-refractivity contribution < 1.29 is 29.0 Å². The molecule has 0 bridgehead atoms. The molecule has 0 spiro atoms. The van der Waals surface area contributed by atoms with Crippen LogP contribution in [0.5, 0.6) is 0 Å². The highest BCUT2D eigenvalue weighted by molar-refractivity contribution is 5.78. The van der Waals surface area contributed by atoms with Gasteiger partial charge < -0.3 is 25.6 Å². The van der Waals surface area contributed by atoms with E-state index in [0.717, 1.165) is 6.08 Å². The number of nitrogens with two attached hydrogens (primary N) is 1. The Labute approximate surface area is 98.4 Å². The van der Waals surface area contributed by atoms with Gasteiger partial charge in [-0.2, -0.15) is 0 Å². The third-order valence-corrected chi connectivity index (χ3v) is 1.07. The molecule has 8 heteroatoms. The van der Waals surface area contributed by atoms with Crippen molar-refractivity contribution in [1.82, 2.24) is 5.32 Å². The molecule has 1 rings (SSSR count). The molecule has 0 saturated carbocycles. The van der Waals surface area contributed by atoms with E-state index in [0.29, 0.717) is 19.8 Å². The average Bonchev–Trinajstić information content (AvgIpc) is 2.70. The summed E-state index contributed by atoms with van der Waals surface area (Å²) in [6.45, 7) is 6.21. The quantitative estimate of drug-likeness (QED) is 0.594. The second-order valence-electron chi connectivity index (χ2n) is 2.36. The van der Waals surface area contributed by atoms with Crippen molar-refractivity contribution in [2.45, 2.75) is 6.92 Å². The van der Waals surface area contributed by atoms with Gasteiger partial charge in [0, 0.05) is 6.08 Å². The summed E-state index contributed by atoms with van der Waals surface area (Å²) in [7, 11) is 0. The second kappa shape index (κ2) is 11.8. The molecule has 2 amide bonds. The highest BCUT2D eigenvalue weighted by Crippen LogP contribution is 1.82. The summed E-state index contributed by atoms with van der Waals surface area (Å²) in [4.78, 5) is 28.8. The summed E-state index contributed by atoms with van der Waals surface area (Å²) in [5.41, 5.74) is 4.54. The van der Waals surface area contributed by atoms with E-state index in [4.69, 9.17) is 5.11 Å². The molecular weight excluding hydrogens is 232 g/mol. The van der Waals surface area contributed by atoms with Crippen molar-refractivity contribution in [3.63, 3.8) is 0 Å². The van der Waals surface area contributed by atoms with Crippen molar-refractivity contribution in [1.29, 1.82) is 0 Å². The van der Waals surface area contributed by atoms with Gasteiger partial charge in [0.1, 0.15) is 6.61 Å². The van der Waals surface area contributed by atoms with E-state index in [1.807, 2.05) is 0 Å². The van der Waals surface area contributed by atoms with Gasteiger partial charge in [-0.25, -0.2) is 14.4 Å². The number of hydrogen-bond donors (Lipinski definition) is 3. The molecule has 1 saturated heterocycles. The fraction of sp³-hybridized carbons (Fsp3) is 0.444. The lowest BCUT2D eigenvalue weighted by atomic mass is 10.7. The van der Waals surface area contributed by atoms with Crippen LogP contribution in [0.15, 0.2) is 12.7 Å². The van der Waals surface area contributed by atoms with Crippen molar-refractivity contribution in [2.24, 2.45) is 5.73 Å². The maximum Gasteiger partial charge on any atom is 0.407 e. The van der Waals surface area contributed by atoms with Gasteiger partial charge in [-0.3, -0.25) is 0 Å². The van der Waals surface area contributed by atoms with E-state index in [1.54, 1.807) is 6.92 Å². The van der Waals surface area contributed by atoms with Gasteiger partial charge in [-0.05, 0) is 6.92 Å². The zero-order valence-corrected chi connectivity index (χ0v) is 9.47. The molecule has 1 heterocycles. The first-order valence-electron chi connectivity index (χ1n) is 4.62. The molecule has 0 unspecified atom stereocenters. The molecule has 1 aliphatic heterocycles. The number of amides is 2. The highest BCUT2D eigenvalue weighted by Gasteiger charge is 2.06. The Morgan fingerprint density at radius 1 is 1.71 bits per heavy atom. The molecule has 0 atom stereocenters. The Hall–Kier alpha value is -2.25. The molecule has 1 fully saturated rings. The fourth-order valence-corrected chi connectivity index (χ4v) is 0.490. The Balaban J connectivity index is 0. The Bertz CT molecular complexity index is 258. The topological polar surface area (TPSA) is 128 Å². The van der Waals surface area contributed by atoms with Gasteiger partial charge in [0.15, 0.2) is 0 Å². The van der Waals surface area contributed by atoms with Crippen LogP contribution in [0.4, 0.5) is 9.59 Å². The van der Waals surface area contributed by atoms with Crippen LogP contribution in [0.25, 0.3) is 0 Å². The second-order valence-corrected chi connectivity index (χ2v) is 2.36. The number of carboxylic acid groups (broad SMARTS) is 1. The molecule has 8 nitrogen and oxygen atoms in total. The first-order valence-corrected chi connectivity index (χ1v) is 4.62. The first kappa shape index (κ1) is 17.2. The van der Waals surface area contributed by atoms with E-state index in [9.17, 15) is 14.4 Å². The molecule has 0 radical (unpaired) electrons. The van der Waals surface area contributed by atoms with Crippen LogP contribution >= 0.6 is 0 Å². The van der Waals surface area contributed by atoms with Crippen LogP contribution in [-0.4, -0.2) is 43.0 Å². The molecule has 98 valence electrons. The number of nitrogens with one attached hydrogen (secondary N) is 1. The number of aliphatic carboxylic acids is 1. The third kappa shape index (κ3) is 20.0. The van der Waals surface area contributed by atoms with E-state index in [-0.39, 0.29) is 6.09 Å². The Morgan fingerprint density at radius 3 is 2.29 bits per heavy atom. The lowest BCUT2D eigenvalue weighted by molar-refractivity contribution is -0.131. The van der Waals surface area contributed by atoms with Crippen molar-refractivity contribution in [3.05, 3.63) is 12.7 Å². The smallest absolute Gasteiger partial charge is 0.407 e. The SMILES string of the molecule is C=CC(=O)O.CCOC(N)=O.O=C1NCCO1. The van der Waals surface area contributed by atoms with Crippen LogP contribution in [-0.2, 0) is 14.3 Å². The molecule has 1 aliphatic rings. The van der Waals surface area contributed by atoms with Crippen LogP contribution in [0.2, 0.25) is 0 Å². The third-order valence-electron chi connectivity index (χ3n) is 1.07. The van der Waals surface area contributed by atoms with Crippen molar-refractivity contribution in [3.8, 4) is 0 Å². The molecular formula is C9H16N2O6. The predicted molar refractivity (Wildman–Crippen MR) is 58.4 cm³/mol. The number of rotatable bonds is 2. The molecule has 0 aromatic heterocycles. The summed E-state index contributed by atoms with van der Waals surface area (Å²) < 4.78 is 8.58. The monoisotopic (exact) mass is 248 g/mol. The van der Waals surface area contributed by atoms with E-state index >= 15 is 0 Å². The first-order chi connectivity index (χ1) is 7.93.